The fraction of sp³-hybridized carbons (Fsp3) is 0.450. The molecule has 160 valence electrons. The molecule has 7 nitrogen and oxygen atoms in total. The van der Waals surface area contributed by atoms with Crippen LogP contribution in [0.15, 0.2) is 23.2 Å². The number of ether oxygens (including phenoxy) is 1. The number of hydrogen-bond acceptors (Lipinski definition) is 8. The van der Waals surface area contributed by atoms with Crippen LogP contribution in [0.4, 0.5) is 20.4 Å². The van der Waals surface area contributed by atoms with Crippen LogP contribution in [0, 0.1) is 24.5 Å². The molecule has 1 saturated heterocycles. The van der Waals surface area contributed by atoms with Gasteiger partial charge in [-0.05, 0) is 25.1 Å². The average Bonchev–Trinajstić information content (AvgIpc) is 3.09. The second kappa shape index (κ2) is 7.57. The van der Waals surface area contributed by atoms with Crippen LogP contribution in [-0.2, 0) is 5.54 Å². The van der Waals surface area contributed by atoms with Gasteiger partial charge in [0.1, 0.15) is 11.4 Å². The van der Waals surface area contributed by atoms with Crippen molar-refractivity contribution in [3.63, 3.8) is 0 Å². The molecule has 4 rings (SSSR count). The van der Waals surface area contributed by atoms with E-state index < -0.39 is 11.4 Å². The number of aromatic nitrogens is 2. The maximum atomic E-state index is 15.1. The first-order valence-electron chi connectivity index (χ1n) is 9.53. The number of halogens is 2. The molecule has 1 aromatic carbocycles. The number of methoxy groups -OCH3 is 1. The zero-order chi connectivity index (χ0) is 21.6. The van der Waals surface area contributed by atoms with Crippen molar-refractivity contribution in [3.05, 3.63) is 41.1 Å². The van der Waals surface area contributed by atoms with Crippen LogP contribution >= 0.6 is 11.8 Å². The third-order valence-electron chi connectivity index (χ3n) is 5.67. The molecule has 3 heterocycles. The van der Waals surface area contributed by atoms with E-state index in [-0.39, 0.29) is 23.3 Å². The summed E-state index contributed by atoms with van der Waals surface area (Å²) in [6, 6.07) is 5.03. The zero-order valence-corrected chi connectivity index (χ0v) is 18.1. The van der Waals surface area contributed by atoms with Crippen LogP contribution in [0.3, 0.4) is 0 Å². The van der Waals surface area contributed by atoms with Gasteiger partial charge in [-0.3, -0.25) is 0 Å². The molecule has 1 aromatic heterocycles. The molecule has 30 heavy (non-hydrogen) atoms. The molecule has 2 aliphatic rings. The van der Waals surface area contributed by atoms with Gasteiger partial charge in [0.15, 0.2) is 5.17 Å². The first kappa shape index (κ1) is 20.6. The zero-order valence-electron chi connectivity index (χ0n) is 17.3. The third-order valence-corrected chi connectivity index (χ3v) is 6.63. The fourth-order valence-corrected chi connectivity index (χ4v) is 5.05. The summed E-state index contributed by atoms with van der Waals surface area (Å²) in [7, 11) is 5.18. The lowest BCUT2D eigenvalue weighted by molar-refractivity contribution is 0.364. The molecule has 2 N–H and O–H groups in total. The maximum Gasteiger partial charge on any atom is 0.255 e. The SMILES string of the molecule is COc1nc(N2C[C@H]3CSC(N)=N[C@@]3(c3cc(N(C)C)ccc3F)C2)nc(C)c1F. The second-order valence-corrected chi connectivity index (χ2v) is 8.79. The minimum absolute atomic E-state index is 0.0123. The monoisotopic (exact) mass is 434 g/mol. The summed E-state index contributed by atoms with van der Waals surface area (Å²) in [5.41, 5.74) is 6.79. The van der Waals surface area contributed by atoms with Gasteiger partial charge in [0, 0.05) is 43.6 Å². The number of aliphatic imine (C=N–C) groups is 1. The van der Waals surface area contributed by atoms with Crippen molar-refractivity contribution in [1.29, 1.82) is 0 Å². The lowest BCUT2D eigenvalue weighted by Crippen LogP contribution is -2.41. The van der Waals surface area contributed by atoms with E-state index in [4.69, 9.17) is 15.5 Å². The fourth-order valence-electron chi connectivity index (χ4n) is 4.07. The predicted molar refractivity (Wildman–Crippen MR) is 115 cm³/mol. The van der Waals surface area contributed by atoms with Crippen LogP contribution in [0.25, 0.3) is 0 Å². The van der Waals surface area contributed by atoms with Crippen molar-refractivity contribution in [2.45, 2.75) is 12.5 Å². The van der Waals surface area contributed by atoms with Crippen LogP contribution < -0.4 is 20.3 Å². The minimum Gasteiger partial charge on any atom is -0.479 e. The number of amidine groups is 1. The third kappa shape index (κ3) is 3.32. The molecule has 2 aromatic rings. The standard InChI is InChI=1S/C20H24F2N6OS/c1-11-16(22)17(29-4)25-19(24-11)28-8-12-9-30-18(23)26-20(12,10-28)14-7-13(27(2)3)5-6-15(14)21/h5-7,12H,8-10H2,1-4H3,(H2,23,26)/t12-,20-/m0/s1. The van der Waals surface area contributed by atoms with Gasteiger partial charge >= 0.3 is 0 Å². The second-order valence-electron chi connectivity index (χ2n) is 7.75. The summed E-state index contributed by atoms with van der Waals surface area (Å²) < 4.78 is 34.3. The van der Waals surface area contributed by atoms with Gasteiger partial charge in [-0.15, -0.1) is 0 Å². The summed E-state index contributed by atoms with van der Waals surface area (Å²) in [4.78, 5) is 17.1. The average molecular weight is 435 g/mol. The van der Waals surface area contributed by atoms with Gasteiger partial charge in [-0.1, -0.05) is 11.8 Å². The van der Waals surface area contributed by atoms with Gasteiger partial charge in [0.05, 0.1) is 19.3 Å². The van der Waals surface area contributed by atoms with E-state index in [9.17, 15) is 4.39 Å². The van der Waals surface area contributed by atoms with Gasteiger partial charge < -0.3 is 20.3 Å². The van der Waals surface area contributed by atoms with E-state index in [2.05, 4.69) is 9.97 Å². The van der Waals surface area contributed by atoms with Gasteiger partial charge in [-0.2, -0.15) is 9.37 Å². The number of anilines is 2. The summed E-state index contributed by atoms with van der Waals surface area (Å²) in [5, 5.41) is 0.427. The first-order chi connectivity index (χ1) is 14.2. The summed E-state index contributed by atoms with van der Waals surface area (Å²) in [5.74, 6) is -0.0158. The predicted octanol–water partition coefficient (Wildman–Crippen LogP) is 2.53. The van der Waals surface area contributed by atoms with Crippen molar-refractivity contribution in [2.75, 3.05) is 49.8 Å². The Kier molecular flexibility index (Phi) is 5.21. The number of benzene rings is 1. The van der Waals surface area contributed by atoms with Crippen molar-refractivity contribution >= 4 is 28.6 Å². The van der Waals surface area contributed by atoms with E-state index in [1.54, 1.807) is 13.0 Å². The van der Waals surface area contributed by atoms with Crippen molar-refractivity contribution in [3.8, 4) is 5.88 Å². The highest BCUT2D eigenvalue weighted by atomic mass is 32.2. The Bertz CT molecular complexity index is 1020. The molecule has 0 saturated carbocycles. The molecule has 1 fully saturated rings. The van der Waals surface area contributed by atoms with Crippen LogP contribution in [0.2, 0.25) is 0 Å². The number of fused-ring (bicyclic) bond motifs is 1. The Hall–Kier alpha value is -2.62. The molecule has 0 unspecified atom stereocenters. The Morgan fingerprint density at radius 2 is 2.07 bits per heavy atom. The number of rotatable bonds is 4. The van der Waals surface area contributed by atoms with Crippen molar-refractivity contribution < 1.29 is 13.5 Å². The Balaban J connectivity index is 1.82. The van der Waals surface area contributed by atoms with Crippen LogP contribution in [0.5, 0.6) is 5.88 Å². The summed E-state index contributed by atoms with van der Waals surface area (Å²) in [6.45, 7) is 2.44. The first-order valence-corrected chi connectivity index (χ1v) is 10.5. The molecule has 0 spiro atoms. The minimum atomic E-state index is -0.871. The highest BCUT2D eigenvalue weighted by Crippen LogP contribution is 2.47. The van der Waals surface area contributed by atoms with Gasteiger partial charge in [0.2, 0.25) is 11.8 Å². The molecule has 2 atom stereocenters. The molecule has 0 aliphatic carbocycles. The lowest BCUT2D eigenvalue weighted by Gasteiger charge is -2.35. The van der Waals surface area contributed by atoms with Gasteiger partial charge in [0.25, 0.3) is 5.88 Å². The number of nitrogens with zero attached hydrogens (tertiary/aromatic N) is 5. The van der Waals surface area contributed by atoms with Crippen LogP contribution in [-0.4, -0.2) is 55.2 Å². The summed E-state index contributed by atoms with van der Waals surface area (Å²) >= 11 is 1.46. The topological polar surface area (TPSA) is 79.9 Å². The molecular weight excluding hydrogens is 410 g/mol. The number of thioether (sulfide) groups is 1. The molecule has 2 aliphatic heterocycles. The number of nitrogens with two attached hydrogens (primary N) is 1. The normalized spacial score (nSPS) is 23.2. The van der Waals surface area contributed by atoms with E-state index in [0.717, 1.165) is 5.69 Å². The smallest absolute Gasteiger partial charge is 0.255 e. The van der Waals surface area contributed by atoms with E-state index in [0.29, 0.717) is 35.5 Å². The number of hydrogen-bond donors (Lipinski definition) is 1. The largest absolute Gasteiger partial charge is 0.479 e. The lowest BCUT2D eigenvalue weighted by atomic mass is 9.81. The Morgan fingerprint density at radius 1 is 1.30 bits per heavy atom. The Morgan fingerprint density at radius 3 is 2.77 bits per heavy atom. The summed E-state index contributed by atoms with van der Waals surface area (Å²) in [6.07, 6.45) is 0. The molecule has 0 amide bonds. The molecule has 10 heteroatoms. The van der Waals surface area contributed by atoms with Gasteiger partial charge in [-0.25, -0.2) is 14.4 Å². The van der Waals surface area contributed by atoms with Crippen LogP contribution in [0.1, 0.15) is 11.3 Å². The molecule has 0 bridgehead atoms. The van der Waals surface area contributed by atoms with Crippen molar-refractivity contribution in [1.82, 2.24) is 9.97 Å². The highest BCUT2D eigenvalue weighted by Gasteiger charge is 2.52. The Labute approximate surface area is 178 Å². The maximum absolute atomic E-state index is 15.1. The quantitative estimate of drug-likeness (QED) is 0.792. The highest BCUT2D eigenvalue weighted by molar-refractivity contribution is 8.13. The van der Waals surface area contributed by atoms with Crippen molar-refractivity contribution in [2.24, 2.45) is 16.6 Å². The molecule has 0 radical (unpaired) electrons. The van der Waals surface area contributed by atoms with E-state index in [1.807, 2.05) is 30.0 Å². The van der Waals surface area contributed by atoms with E-state index >= 15 is 4.39 Å². The number of aryl methyl sites for hydroxylation is 1. The van der Waals surface area contributed by atoms with E-state index in [1.165, 1.54) is 24.9 Å². The molecular formula is C20H24F2N6OS.